The summed E-state index contributed by atoms with van der Waals surface area (Å²) >= 11 is 0. The second-order valence-electron chi connectivity index (χ2n) is 8.22. The molecule has 1 aliphatic carbocycles. The molecule has 172 valence electrons. The summed E-state index contributed by atoms with van der Waals surface area (Å²) in [5.41, 5.74) is 6.42. The molecular weight excluding hydrogens is 410 g/mol. The molecule has 8 nitrogen and oxygen atoms in total. The number of anilines is 2. The summed E-state index contributed by atoms with van der Waals surface area (Å²) in [6.45, 7) is 2.47. The average Bonchev–Trinajstić information content (AvgIpc) is 3.54. The van der Waals surface area contributed by atoms with Crippen LogP contribution in [0.3, 0.4) is 0 Å². The Bertz CT molecular complexity index is 789. The highest BCUT2D eigenvalue weighted by molar-refractivity contribution is 5.98. The van der Waals surface area contributed by atoms with Crippen molar-refractivity contribution < 1.29 is 27.8 Å². The molecule has 2 amide bonds. The summed E-state index contributed by atoms with van der Waals surface area (Å²) in [4.78, 5) is 28.6. The molecule has 1 heterocycles. The number of ether oxygens (including phenoxy) is 2. The molecular formula is C21H30F2N4O4. The van der Waals surface area contributed by atoms with Crippen molar-refractivity contribution in [3.63, 3.8) is 0 Å². The molecule has 1 aromatic carbocycles. The maximum atomic E-state index is 13.0. The SMILES string of the molecule is CC(C)CN(C1CC1)[C@H](CN)C(=O)Nc1ccc(N2CCOCC2=O)cc1OC(F)F. The fraction of sp³-hybridized carbons (Fsp3) is 0.619. The lowest BCUT2D eigenvalue weighted by molar-refractivity contribution is -0.125. The quantitative estimate of drug-likeness (QED) is 0.578. The minimum absolute atomic E-state index is 0.0748. The molecule has 1 saturated heterocycles. The molecule has 0 unspecified atom stereocenters. The lowest BCUT2D eigenvalue weighted by Crippen LogP contribution is -2.51. The van der Waals surface area contributed by atoms with Crippen molar-refractivity contribution in [1.82, 2.24) is 4.90 Å². The molecule has 10 heteroatoms. The van der Waals surface area contributed by atoms with Crippen LogP contribution in [0.5, 0.6) is 5.75 Å². The largest absolute Gasteiger partial charge is 0.433 e. The number of halogens is 2. The van der Waals surface area contributed by atoms with Crippen LogP contribution in [-0.4, -0.2) is 68.3 Å². The molecule has 1 aromatic rings. The van der Waals surface area contributed by atoms with E-state index in [-0.39, 0.29) is 36.4 Å². The highest BCUT2D eigenvalue weighted by Crippen LogP contribution is 2.33. The van der Waals surface area contributed by atoms with Gasteiger partial charge in [0.15, 0.2) is 5.75 Å². The Labute approximate surface area is 180 Å². The predicted molar refractivity (Wildman–Crippen MR) is 112 cm³/mol. The van der Waals surface area contributed by atoms with Crippen LogP contribution in [0.25, 0.3) is 0 Å². The number of amides is 2. The Morgan fingerprint density at radius 3 is 2.71 bits per heavy atom. The minimum atomic E-state index is -3.08. The van der Waals surface area contributed by atoms with Crippen molar-refractivity contribution in [3.8, 4) is 5.75 Å². The van der Waals surface area contributed by atoms with Gasteiger partial charge in [-0.05, 0) is 30.9 Å². The summed E-state index contributed by atoms with van der Waals surface area (Å²) in [5, 5.41) is 2.70. The van der Waals surface area contributed by atoms with Crippen LogP contribution in [-0.2, 0) is 14.3 Å². The molecule has 0 bridgehead atoms. The third kappa shape index (κ3) is 6.11. The van der Waals surface area contributed by atoms with Crippen LogP contribution >= 0.6 is 0 Å². The molecule has 31 heavy (non-hydrogen) atoms. The summed E-state index contributed by atoms with van der Waals surface area (Å²) in [6.07, 6.45) is 2.02. The van der Waals surface area contributed by atoms with Gasteiger partial charge in [-0.2, -0.15) is 8.78 Å². The highest BCUT2D eigenvalue weighted by Gasteiger charge is 2.37. The first-order valence-electron chi connectivity index (χ1n) is 10.5. The number of hydrogen-bond donors (Lipinski definition) is 2. The summed E-state index contributed by atoms with van der Waals surface area (Å²) < 4.78 is 35.8. The number of nitrogens with zero attached hydrogens (tertiary/aromatic N) is 2. The van der Waals surface area contributed by atoms with Crippen LogP contribution in [0.2, 0.25) is 0 Å². The number of hydrogen-bond acceptors (Lipinski definition) is 6. The molecule has 3 N–H and O–H groups in total. The first-order chi connectivity index (χ1) is 14.8. The normalized spacial score (nSPS) is 18.1. The van der Waals surface area contributed by atoms with Gasteiger partial charge in [0, 0.05) is 37.4 Å². The van der Waals surface area contributed by atoms with Crippen LogP contribution in [0.15, 0.2) is 18.2 Å². The number of nitrogens with one attached hydrogen (secondary N) is 1. The van der Waals surface area contributed by atoms with Crippen molar-refractivity contribution in [2.75, 3.05) is 43.1 Å². The molecule has 0 spiro atoms. The zero-order chi connectivity index (χ0) is 22.5. The molecule has 2 aliphatic rings. The smallest absolute Gasteiger partial charge is 0.387 e. The first kappa shape index (κ1) is 23.4. The van der Waals surface area contributed by atoms with E-state index < -0.39 is 12.7 Å². The second kappa shape index (κ2) is 10.3. The number of nitrogens with two attached hydrogens (primary N) is 1. The average molecular weight is 440 g/mol. The van der Waals surface area contributed by atoms with E-state index in [1.54, 1.807) is 6.07 Å². The fourth-order valence-corrected chi connectivity index (χ4v) is 3.73. The maximum absolute atomic E-state index is 13.0. The highest BCUT2D eigenvalue weighted by atomic mass is 19.3. The Kier molecular flexibility index (Phi) is 7.79. The van der Waals surface area contributed by atoms with Crippen LogP contribution in [0, 0.1) is 5.92 Å². The summed E-state index contributed by atoms with van der Waals surface area (Å²) in [7, 11) is 0. The van der Waals surface area contributed by atoms with Crippen molar-refractivity contribution >= 4 is 23.2 Å². The van der Waals surface area contributed by atoms with Gasteiger partial charge in [0.25, 0.3) is 5.91 Å². The maximum Gasteiger partial charge on any atom is 0.387 e. The van der Waals surface area contributed by atoms with Gasteiger partial charge in [-0.3, -0.25) is 14.5 Å². The van der Waals surface area contributed by atoms with Gasteiger partial charge in [0.1, 0.15) is 12.6 Å². The Balaban J connectivity index is 1.81. The molecule has 0 radical (unpaired) electrons. The van der Waals surface area contributed by atoms with E-state index >= 15 is 0 Å². The van der Waals surface area contributed by atoms with E-state index in [1.807, 2.05) is 0 Å². The number of benzene rings is 1. The molecule has 2 fully saturated rings. The Hall–Kier alpha value is -2.30. The molecule has 3 rings (SSSR count). The monoisotopic (exact) mass is 440 g/mol. The number of alkyl halides is 2. The van der Waals surface area contributed by atoms with Gasteiger partial charge in [-0.25, -0.2) is 0 Å². The molecule has 1 aliphatic heterocycles. The van der Waals surface area contributed by atoms with Crippen molar-refractivity contribution in [1.29, 1.82) is 0 Å². The van der Waals surface area contributed by atoms with E-state index in [2.05, 4.69) is 28.8 Å². The number of carbonyl (C=O) groups excluding carboxylic acids is 2. The lowest BCUT2D eigenvalue weighted by Gasteiger charge is -2.31. The van der Waals surface area contributed by atoms with Gasteiger partial charge in [0.2, 0.25) is 5.91 Å². The zero-order valence-corrected chi connectivity index (χ0v) is 17.9. The van der Waals surface area contributed by atoms with E-state index in [0.29, 0.717) is 30.8 Å². The second-order valence-corrected chi connectivity index (χ2v) is 8.22. The minimum Gasteiger partial charge on any atom is -0.433 e. The molecule has 0 aromatic heterocycles. The van der Waals surface area contributed by atoms with Crippen molar-refractivity contribution in [2.24, 2.45) is 11.7 Å². The van der Waals surface area contributed by atoms with Crippen molar-refractivity contribution in [2.45, 2.75) is 45.4 Å². The Morgan fingerprint density at radius 1 is 1.39 bits per heavy atom. The van der Waals surface area contributed by atoms with Gasteiger partial charge in [-0.15, -0.1) is 0 Å². The van der Waals surface area contributed by atoms with Gasteiger partial charge < -0.3 is 25.4 Å². The molecule has 1 atom stereocenters. The topological polar surface area (TPSA) is 97.1 Å². The zero-order valence-electron chi connectivity index (χ0n) is 17.9. The van der Waals surface area contributed by atoms with Gasteiger partial charge in [0.05, 0.1) is 12.3 Å². The standard InChI is InChI=1S/C21H30F2N4O4/c1-13(2)11-27(14-3-4-14)17(10-24)20(29)25-16-6-5-15(9-18(16)31-21(22)23)26-7-8-30-12-19(26)28/h5-6,9,13-14,17,21H,3-4,7-8,10-12,24H2,1-2H3,(H,25,29)/t17-/m1/s1. The summed E-state index contributed by atoms with van der Waals surface area (Å²) in [6, 6.07) is 4.12. The third-order valence-electron chi connectivity index (χ3n) is 5.25. The third-order valence-corrected chi connectivity index (χ3v) is 5.25. The van der Waals surface area contributed by atoms with E-state index in [4.69, 9.17) is 10.5 Å². The Morgan fingerprint density at radius 2 is 2.13 bits per heavy atom. The predicted octanol–water partition coefficient (Wildman–Crippen LogP) is 2.04. The number of carbonyl (C=O) groups is 2. The first-order valence-corrected chi connectivity index (χ1v) is 10.5. The van der Waals surface area contributed by atoms with E-state index in [1.165, 1.54) is 17.0 Å². The van der Waals surface area contributed by atoms with Crippen LogP contribution < -0.4 is 20.7 Å². The van der Waals surface area contributed by atoms with Crippen molar-refractivity contribution in [3.05, 3.63) is 18.2 Å². The fourth-order valence-electron chi connectivity index (χ4n) is 3.73. The molecule has 1 saturated carbocycles. The van der Waals surface area contributed by atoms with Gasteiger partial charge >= 0.3 is 6.61 Å². The van der Waals surface area contributed by atoms with Crippen LogP contribution in [0.4, 0.5) is 20.2 Å². The number of rotatable bonds is 10. The summed E-state index contributed by atoms with van der Waals surface area (Å²) in [5.74, 6) is -0.504. The van der Waals surface area contributed by atoms with Crippen LogP contribution in [0.1, 0.15) is 26.7 Å². The number of morpholine rings is 1. The lowest BCUT2D eigenvalue weighted by atomic mass is 10.1. The van der Waals surface area contributed by atoms with Gasteiger partial charge in [-0.1, -0.05) is 13.8 Å². The van der Waals surface area contributed by atoms with E-state index in [9.17, 15) is 18.4 Å². The van der Waals surface area contributed by atoms with E-state index in [0.717, 1.165) is 19.4 Å².